The molecule has 132 valence electrons. The van der Waals surface area contributed by atoms with Crippen LogP contribution < -0.4 is 20.1 Å². The second kappa shape index (κ2) is 7.76. The zero-order chi connectivity index (χ0) is 17.8. The van der Waals surface area contributed by atoms with Crippen LogP contribution in [0.15, 0.2) is 42.5 Å². The van der Waals surface area contributed by atoms with E-state index in [0.717, 1.165) is 16.9 Å². The molecule has 0 saturated heterocycles. The van der Waals surface area contributed by atoms with Crippen molar-refractivity contribution in [3.8, 4) is 11.5 Å². The Morgan fingerprint density at radius 1 is 1.04 bits per heavy atom. The summed E-state index contributed by atoms with van der Waals surface area (Å²) in [6.07, 6.45) is 0. The van der Waals surface area contributed by atoms with Gasteiger partial charge < -0.3 is 20.1 Å². The predicted molar refractivity (Wildman–Crippen MR) is 97.0 cm³/mol. The van der Waals surface area contributed by atoms with Crippen LogP contribution in [0.3, 0.4) is 0 Å². The fraction of sp³-hybridized carbons (Fsp3) is 0.316. The van der Waals surface area contributed by atoms with Gasteiger partial charge in [0.2, 0.25) is 12.7 Å². The van der Waals surface area contributed by atoms with Crippen molar-refractivity contribution in [1.29, 1.82) is 0 Å². The largest absolute Gasteiger partial charge is 0.454 e. The van der Waals surface area contributed by atoms with Crippen LogP contribution >= 0.6 is 11.6 Å². The molecule has 1 aliphatic heterocycles. The van der Waals surface area contributed by atoms with Crippen LogP contribution in [0.2, 0.25) is 5.02 Å². The van der Waals surface area contributed by atoms with Crippen LogP contribution in [0, 0.1) is 0 Å². The number of amides is 1. The topological polar surface area (TPSA) is 59.6 Å². The molecule has 2 N–H and O–H groups in total. The van der Waals surface area contributed by atoms with Crippen molar-refractivity contribution in [1.82, 2.24) is 10.6 Å². The van der Waals surface area contributed by atoms with Gasteiger partial charge in [0.25, 0.3) is 0 Å². The molecule has 1 amide bonds. The van der Waals surface area contributed by atoms with Gasteiger partial charge >= 0.3 is 0 Å². The maximum absolute atomic E-state index is 12.2. The summed E-state index contributed by atoms with van der Waals surface area (Å²) in [6.45, 7) is 4.43. The lowest BCUT2D eigenvalue weighted by Gasteiger charge is -2.17. The Morgan fingerprint density at radius 2 is 1.72 bits per heavy atom. The molecule has 6 heteroatoms. The molecule has 0 aliphatic carbocycles. The van der Waals surface area contributed by atoms with E-state index < -0.39 is 0 Å². The second-order valence-electron chi connectivity index (χ2n) is 6.06. The van der Waals surface area contributed by atoms with E-state index in [1.165, 1.54) is 0 Å². The molecule has 1 heterocycles. The molecule has 0 bridgehead atoms. The second-order valence-corrected chi connectivity index (χ2v) is 6.49. The molecule has 0 aromatic heterocycles. The third-order valence-electron chi connectivity index (χ3n) is 4.21. The SMILES string of the molecule is C[C@@H](NCC(=O)N[C@H](C)c1ccc2c(c1)OCO2)c1ccc(Cl)cc1. The van der Waals surface area contributed by atoms with Crippen molar-refractivity contribution in [2.75, 3.05) is 13.3 Å². The van der Waals surface area contributed by atoms with Crippen LogP contribution in [0.1, 0.15) is 37.1 Å². The first-order valence-corrected chi connectivity index (χ1v) is 8.58. The maximum atomic E-state index is 12.2. The van der Waals surface area contributed by atoms with Crippen LogP contribution in [0.5, 0.6) is 11.5 Å². The zero-order valence-electron chi connectivity index (χ0n) is 14.2. The molecule has 25 heavy (non-hydrogen) atoms. The summed E-state index contributed by atoms with van der Waals surface area (Å²) >= 11 is 5.89. The highest BCUT2D eigenvalue weighted by Gasteiger charge is 2.17. The van der Waals surface area contributed by atoms with Gasteiger partial charge in [-0.25, -0.2) is 0 Å². The van der Waals surface area contributed by atoms with Gasteiger partial charge in [-0.1, -0.05) is 29.8 Å². The Morgan fingerprint density at radius 3 is 2.48 bits per heavy atom. The van der Waals surface area contributed by atoms with E-state index in [-0.39, 0.29) is 31.3 Å². The van der Waals surface area contributed by atoms with E-state index in [0.29, 0.717) is 10.8 Å². The summed E-state index contributed by atoms with van der Waals surface area (Å²) in [5.74, 6) is 1.39. The molecule has 0 unspecified atom stereocenters. The summed E-state index contributed by atoms with van der Waals surface area (Å²) in [5.41, 5.74) is 2.06. The minimum absolute atomic E-state index is 0.0591. The summed E-state index contributed by atoms with van der Waals surface area (Å²) in [5, 5.41) is 6.90. The number of fused-ring (bicyclic) bond motifs is 1. The van der Waals surface area contributed by atoms with Crippen molar-refractivity contribution in [3.05, 3.63) is 58.6 Å². The van der Waals surface area contributed by atoms with E-state index in [4.69, 9.17) is 21.1 Å². The van der Waals surface area contributed by atoms with E-state index in [2.05, 4.69) is 10.6 Å². The Kier molecular flexibility index (Phi) is 5.46. The van der Waals surface area contributed by atoms with E-state index >= 15 is 0 Å². The smallest absolute Gasteiger partial charge is 0.234 e. The minimum Gasteiger partial charge on any atom is -0.454 e. The van der Waals surface area contributed by atoms with Crippen LogP contribution in [-0.2, 0) is 4.79 Å². The van der Waals surface area contributed by atoms with Crippen molar-refractivity contribution < 1.29 is 14.3 Å². The molecule has 0 spiro atoms. The van der Waals surface area contributed by atoms with Gasteiger partial charge in [-0.05, 0) is 49.2 Å². The van der Waals surface area contributed by atoms with Crippen molar-refractivity contribution >= 4 is 17.5 Å². The first-order valence-electron chi connectivity index (χ1n) is 8.20. The Bertz CT molecular complexity index is 749. The normalized spacial score (nSPS) is 14.8. The molecule has 5 nitrogen and oxygen atoms in total. The third-order valence-corrected chi connectivity index (χ3v) is 4.46. The lowest BCUT2D eigenvalue weighted by Crippen LogP contribution is -2.36. The number of carbonyl (C=O) groups is 1. The number of hydrogen-bond acceptors (Lipinski definition) is 4. The van der Waals surface area contributed by atoms with E-state index in [9.17, 15) is 4.79 Å². The van der Waals surface area contributed by atoms with Gasteiger partial charge in [0.15, 0.2) is 11.5 Å². The quantitative estimate of drug-likeness (QED) is 0.826. The molecule has 0 fully saturated rings. The number of hydrogen-bond donors (Lipinski definition) is 2. The minimum atomic E-state index is -0.116. The lowest BCUT2D eigenvalue weighted by atomic mass is 10.1. The van der Waals surface area contributed by atoms with Gasteiger partial charge in [0, 0.05) is 11.1 Å². The maximum Gasteiger partial charge on any atom is 0.234 e. The number of carbonyl (C=O) groups excluding carboxylic acids is 1. The van der Waals surface area contributed by atoms with E-state index in [1.54, 1.807) is 0 Å². The van der Waals surface area contributed by atoms with E-state index in [1.807, 2.05) is 56.3 Å². The zero-order valence-corrected chi connectivity index (χ0v) is 15.0. The molecule has 1 aliphatic rings. The summed E-state index contributed by atoms with van der Waals surface area (Å²) in [6, 6.07) is 13.2. The number of nitrogens with one attached hydrogen (secondary N) is 2. The number of halogens is 1. The fourth-order valence-corrected chi connectivity index (χ4v) is 2.80. The summed E-state index contributed by atoms with van der Waals surface area (Å²) in [4.78, 5) is 12.2. The molecule has 0 saturated carbocycles. The van der Waals surface area contributed by atoms with Gasteiger partial charge in [0.1, 0.15) is 0 Å². The molecule has 2 aromatic rings. The third kappa shape index (κ3) is 4.44. The molecule has 2 atom stereocenters. The average molecular weight is 361 g/mol. The van der Waals surface area contributed by atoms with Crippen molar-refractivity contribution in [2.24, 2.45) is 0 Å². The highest BCUT2D eigenvalue weighted by Crippen LogP contribution is 2.34. The number of benzene rings is 2. The molecule has 0 radical (unpaired) electrons. The Labute approximate surface area is 152 Å². The summed E-state index contributed by atoms with van der Waals surface area (Å²) in [7, 11) is 0. The fourth-order valence-electron chi connectivity index (χ4n) is 2.67. The van der Waals surface area contributed by atoms with Gasteiger partial charge in [-0.3, -0.25) is 4.79 Å². The molecule has 3 rings (SSSR count). The monoisotopic (exact) mass is 360 g/mol. The van der Waals surface area contributed by atoms with Gasteiger partial charge in [0.05, 0.1) is 12.6 Å². The summed E-state index contributed by atoms with van der Waals surface area (Å²) < 4.78 is 10.7. The van der Waals surface area contributed by atoms with Gasteiger partial charge in [-0.15, -0.1) is 0 Å². The lowest BCUT2D eigenvalue weighted by molar-refractivity contribution is -0.121. The number of ether oxygens (including phenoxy) is 2. The van der Waals surface area contributed by atoms with Gasteiger partial charge in [-0.2, -0.15) is 0 Å². The molecular weight excluding hydrogens is 340 g/mol. The van der Waals surface area contributed by atoms with Crippen molar-refractivity contribution in [2.45, 2.75) is 25.9 Å². The Balaban J connectivity index is 1.51. The number of rotatable bonds is 6. The highest BCUT2D eigenvalue weighted by molar-refractivity contribution is 6.30. The average Bonchev–Trinajstić information content (AvgIpc) is 3.08. The first kappa shape index (κ1) is 17.6. The Hall–Kier alpha value is -2.24. The first-order chi connectivity index (χ1) is 12.0. The molecular formula is C19H21ClN2O3. The molecule has 2 aromatic carbocycles. The van der Waals surface area contributed by atoms with Crippen LogP contribution in [0.4, 0.5) is 0 Å². The standard InChI is InChI=1S/C19H21ClN2O3/c1-12(14-3-6-16(20)7-4-14)21-10-19(23)22-13(2)15-5-8-17-18(9-15)25-11-24-17/h3-9,12-13,21H,10-11H2,1-2H3,(H,22,23)/t12-,13-/m1/s1. The predicted octanol–water partition coefficient (Wildman–Crippen LogP) is 3.60. The van der Waals surface area contributed by atoms with Crippen LogP contribution in [0.25, 0.3) is 0 Å². The van der Waals surface area contributed by atoms with Crippen molar-refractivity contribution in [3.63, 3.8) is 0 Å². The van der Waals surface area contributed by atoms with Crippen LogP contribution in [-0.4, -0.2) is 19.2 Å². The highest BCUT2D eigenvalue weighted by atomic mass is 35.5.